The van der Waals surface area contributed by atoms with E-state index in [0.29, 0.717) is 30.6 Å². The number of nitrogens with zero attached hydrogens (tertiary/aromatic N) is 1. The first-order chi connectivity index (χ1) is 14.3. The Morgan fingerprint density at radius 1 is 1.10 bits per heavy atom. The quantitative estimate of drug-likeness (QED) is 0.566. The lowest BCUT2D eigenvalue weighted by molar-refractivity contribution is -0.137. The van der Waals surface area contributed by atoms with Crippen molar-refractivity contribution in [3.63, 3.8) is 0 Å². The van der Waals surface area contributed by atoms with Gasteiger partial charge in [0.1, 0.15) is 23.9 Å². The summed E-state index contributed by atoms with van der Waals surface area (Å²) < 4.78 is 38.2. The maximum Gasteiger partial charge on any atom is 0.303 e. The van der Waals surface area contributed by atoms with E-state index in [0.717, 1.165) is 38.6 Å². The van der Waals surface area contributed by atoms with Crippen LogP contribution in [0.1, 0.15) is 38.2 Å². The van der Waals surface area contributed by atoms with Crippen molar-refractivity contribution in [2.75, 3.05) is 19.7 Å². The second-order valence-corrected chi connectivity index (χ2v) is 7.63. The monoisotopic (exact) mass is 419 g/mol. The summed E-state index contributed by atoms with van der Waals surface area (Å²) in [6.45, 7) is 3.17. The normalized spacial score (nSPS) is 17.1. The van der Waals surface area contributed by atoms with Crippen LogP contribution in [0, 0.1) is 0 Å². The summed E-state index contributed by atoms with van der Waals surface area (Å²) in [5, 5.41) is 8.78. The molecule has 0 amide bonds. The molecule has 162 valence electrons. The largest absolute Gasteiger partial charge is 0.492 e. The maximum absolute atomic E-state index is 13.3. The summed E-state index contributed by atoms with van der Waals surface area (Å²) in [7, 11) is 0. The number of halogens is 2. The number of rotatable bonds is 10. The van der Waals surface area contributed by atoms with Crippen molar-refractivity contribution in [1.29, 1.82) is 0 Å². The second-order valence-electron chi connectivity index (χ2n) is 7.63. The van der Waals surface area contributed by atoms with Crippen LogP contribution in [0.3, 0.4) is 0 Å². The molecule has 0 aromatic heterocycles. The molecule has 3 rings (SSSR count). The molecule has 0 saturated carbocycles. The van der Waals surface area contributed by atoms with Crippen molar-refractivity contribution in [2.45, 2.75) is 44.6 Å². The molecule has 2 aromatic carbocycles. The first kappa shape index (κ1) is 22.0. The molecule has 1 aliphatic heterocycles. The van der Waals surface area contributed by atoms with E-state index in [1.54, 1.807) is 12.1 Å². The van der Waals surface area contributed by atoms with Gasteiger partial charge in [0.05, 0.1) is 0 Å². The van der Waals surface area contributed by atoms with Crippen LogP contribution < -0.4 is 9.47 Å². The Hall–Kier alpha value is -2.67. The number of alkyl halides is 2. The molecule has 30 heavy (non-hydrogen) atoms. The van der Waals surface area contributed by atoms with Crippen LogP contribution in [0.2, 0.25) is 0 Å². The Morgan fingerprint density at radius 3 is 2.30 bits per heavy atom. The van der Waals surface area contributed by atoms with E-state index in [1.807, 2.05) is 12.1 Å². The third-order valence-corrected chi connectivity index (χ3v) is 5.20. The molecular formula is C23H27F2NO4. The average Bonchev–Trinajstić information content (AvgIpc) is 3.14. The zero-order valence-electron chi connectivity index (χ0n) is 17.0. The number of benzene rings is 2. The third kappa shape index (κ3) is 6.42. The van der Waals surface area contributed by atoms with Crippen LogP contribution >= 0.6 is 0 Å². The molecule has 0 aliphatic carbocycles. The number of likely N-dealkylation sites (tertiary alicyclic amines) is 1. The fraction of sp³-hybridized carbons (Fsp3) is 0.435. The van der Waals surface area contributed by atoms with Gasteiger partial charge in [-0.15, -0.1) is 0 Å². The second kappa shape index (κ2) is 9.89. The number of ether oxygens (including phenoxy) is 2. The topological polar surface area (TPSA) is 59.0 Å². The summed E-state index contributed by atoms with van der Waals surface area (Å²) in [5.41, 5.74) is -0.0532. The lowest BCUT2D eigenvalue weighted by atomic mass is 10.1. The van der Waals surface area contributed by atoms with E-state index < -0.39 is 11.9 Å². The molecule has 1 atom stereocenters. The number of aliphatic carboxylic acids is 1. The lowest BCUT2D eigenvalue weighted by Crippen LogP contribution is -2.35. The highest BCUT2D eigenvalue weighted by atomic mass is 19.3. The van der Waals surface area contributed by atoms with Gasteiger partial charge in [-0.1, -0.05) is 0 Å². The van der Waals surface area contributed by atoms with Crippen LogP contribution in [-0.2, 0) is 10.7 Å². The van der Waals surface area contributed by atoms with Crippen LogP contribution in [-0.4, -0.2) is 41.7 Å². The minimum absolute atomic E-state index is 0.0532. The maximum atomic E-state index is 13.3. The highest BCUT2D eigenvalue weighted by Gasteiger charge is 2.25. The Balaban J connectivity index is 1.48. The summed E-state index contributed by atoms with van der Waals surface area (Å²) in [6, 6.07) is 13.2. The predicted octanol–water partition coefficient (Wildman–Crippen LogP) is 5.30. The van der Waals surface area contributed by atoms with Crippen molar-refractivity contribution in [1.82, 2.24) is 4.90 Å². The van der Waals surface area contributed by atoms with Gasteiger partial charge in [0.2, 0.25) is 0 Å². The zero-order chi connectivity index (χ0) is 21.6. The van der Waals surface area contributed by atoms with Crippen LogP contribution in [0.4, 0.5) is 8.78 Å². The lowest BCUT2D eigenvalue weighted by Gasteiger charge is -2.24. The van der Waals surface area contributed by atoms with E-state index >= 15 is 0 Å². The smallest absolute Gasteiger partial charge is 0.303 e. The average molecular weight is 419 g/mol. The van der Waals surface area contributed by atoms with E-state index in [4.69, 9.17) is 14.6 Å². The Bertz CT molecular complexity index is 819. The summed E-state index contributed by atoms with van der Waals surface area (Å²) in [6.07, 6.45) is 2.97. The zero-order valence-corrected chi connectivity index (χ0v) is 17.0. The van der Waals surface area contributed by atoms with Gasteiger partial charge in [-0.05, 0) is 80.9 Å². The fourth-order valence-electron chi connectivity index (χ4n) is 3.56. The molecule has 0 spiro atoms. The van der Waals surface area contributed by atoms with Crippen molar-refractivity contribution in [3.8, 4) is 17.2 Å². The Morgan fingerprint density at radius 2 is 1.70 bits per heavy atom. The first-order valence-corrected chi connectivity index (χ1v) is 10.2. The third-order valence-electron chi connectivity index (χ3n) is 5.20. The van der Waals surface area contributed by atoms with Gasteiger partial charge in [-0.2, -0.15) is 0 Å². The molecule has 0 bridgehead atoms. The van der Waals surface area contributed by atoms with Crippen molar-refractivity contribution in [3.05, 3.63) is 54.1 Å². The minimum atomic E-state index is -2.87. The van der Waals surface area contributed by atoms with Gasteiger partial charge in [0, 0.05) is 24.9 Å². The number of hydrogen-bond acceptors (Lipinski definition) is 4. The predicted molar refractivity (Wildman–Crippen MR) is 109 cm³/mol. The molecule has 1 N–H and O–H groups in total. The number of hydrogen-bond donors (Lipinski definition) is 1. The minimum Gasteiger partial charge on any atom is -0.492 e. The first-order valence-electron chi connectivity index (χ1n) is 10.2. The van der Waals surface area contributed by atoms with E-state index in [1.165, 1.54) is 24.3 Å². The molecule has 1 aliphatic rings. The van der Waals surface area contributed by atoms with Crippen LogP contribution in [0.5, 0.6) is 17.2 Å². The van der Waals surface area contributed by atoms with Crippen molar-refractivity contribution in [2.24, 2.45) is 0 Å². The van der Waals surface area contributed by atoms with Crippen LogP contribution in [0.15, 0.2) is 48.5 Å². The Labute approximate surface area is 175 Å². The number of carbonyl (C=O) groups is 1. The standard InChI is InChI=1S/C23H27F2NO4/c1-23(24,25)17-6-8-20(9-7-17)30-21-12-10-19(11-13-21)29-16-18-4-2-14-26(18)15-3-5-22(27)28/h6-13,18H,2-5,14-16H2,1H3,(H,27,28). The highest BCUT2D eigenvalue weighted by Crippen LogP contribution is 2.30. The molecule has 0 radical (unpaired) electrons. The summed E-state index contributed by atoms with van der Waals surface area (Å²) in [4.78, 5) is 13.0. The van der Waals surface area contributed by atoms with Gasteiger partial charge in [-0.3, -0.25) is 9.69 Å². The molecule has 1 unspecified atom stereocenters. The molecule has 1 saturated heterocycles. The van der Waals surface area contributed by atoms with Crippen molar-refractivity contribution < 1.29 is 28.2 Å². The molecular weight excluding hydrogens is 392 g/mol. The van der Waals surface area contributed by atoms with E-state index in [9.17, 15) is 13.6 Å². The SMILES string of the molecule is CC(F)(F)c1ccc(Oc2ccc(OCC3CCCN3CCCC(=O)O)cc2)cc1. The summed E-state index contributed by atoms with van der Waals surface area (Å²) >= 11 is 0. The molecule has 1 fully saturated rings. The van der Waals surface area contributed by atoms with Crippen molar-refractivity contribution >= 4 is 5.97 Å². The van der Waals surface area contributed by atoms with Gasteiger partial charge < -0.3 is 14.6 Å². The van der Waals surface area contributed by atoms with E-state index in [-0.39, 0.29) is 12.0 Å². The molecule has 7 heteroatoms. The van der Waals surface area contributed by atoms with Crippen LogP contribution in [0.25, 0.3) is 0 Å². The fourth-order valence-corrected chi connectivity index (χ4v) is 3.56. The molecule has 1 heterocycles. The summed E-state index contributed by atoms with van der Waals surface area (Å²) in [5.74, 6) is -1.83. The number of carboxylic acid groups (broad SMARTS) is 1. The molecule has 2 aromatic rings. The molecule has 5 nitrogen and oxygen atoms in total. The van der Waals surface area contributed by atoms with Gasteiger partial charge in [-0.25, -0.2) is 8.78 Å². The number of carboxylic acids is 1. The van der Waals surface area contributed by atoms with E-state index in [2.05, 4.69) is 4.90 Å². The van der Waals surface area contributed by atoms with Gasteiger partial charge in [0.15, 0.2) is 0 Å². The Kier molecular flexibility index (Phi) is 7.26. The van der Waals surface area contributed by atoms with Gasteiger partial charge in [0.25, 0.3) is 5.92 Å². The highest BCUT2D eigenvalue weighted by molar-refractivity contribution is 5.66. The van der Waals surface area contributed by atoms with Gasteiger partial charge >= 0.3 is 5.97 Å².